The number of halogens is 2. The highest BCUT2D eigenvalue weighted by atomic mass is 35.5. The molecule has 0 aliphatic heterocycles. The maximum Gasteiger partial charge on any atom is 0.407 e. The Labute approximate surface area is 268 Å². The van der Waals surface area contributed by atoms with Gasteiger partial charge in [-0.1, -0.05) is 49.7 Å². The minimum absolute atomic E-state index is 0.0473. The van der Waals surface area contributed by atoms with Crippen LogP contribution in [0.4, 0.5) is 9.18 Å². The van der Waals surface area contributed by atoms with Crippen LogP contribution in [0, 0.1) is 11.7 Å². The fourth-order valence-corrected chi connectivity index (χ4v) is 4.25. The summed E-state index contributed by atoms with van der Waals surface area (Å²) in [6.45, 7) is 3.08. The van der Waals surface area contributed by atoms with E-state index in [1.165, 1.54) is 25.1 Å². The van der Waals surface area contributed by atoms with E-state index < -0.39 is 66.9 Å². The Balaban J connectivity index is 1.84. The maximum atomic E-state index is 14.3. The van der Waals surface area contributed by atoms with E-state index in [2.05, 4.69) is 20.6 Å². The van der Waals surface area contributed by atoms with Gasteiger partial charge in [-0.15, -0.1) is 0 Å². The fourth-order valence-electron chi connectivity index (χ4n) is 4.07. The Morgan fingerprint density at radius 2 is 1.76 bits per heavy atom. The van der Waals surface area contributed by atoms with Gasteiger partial charge in [0, 0.05) is 30.1 Å². The number of carbonyl (C=O) groups excluding carboxylic acids is 4. The fraction of sp³-hybridized carbons (Fsp3) is 0.333. The van der Waals surface area contributed by atoms with Gasteiger partial charge in [0.1, 0.15) is 23.2 Å². The van der Waals surface area contributed by atoms with Gasteiger partial charge in [0.15, 0.2) is 18.6 Å². The van der Waals surface area contributed by atoms with E-state index in [9.17, 15) is 38.6 Å². The number of carboxylic acids is 1. The largest absolute Gasteiger partial charge is 0.479 e. The molecule has 2 amide bonds. The number of ketones is 1. The predicted octanol–water partition coefficient (Wildman–Crippen LogP) is 3.02. The number of amides is 2. The molecule has 14 nitrogen and oxygen atoms in total. The van der Waals surface area contributed by atoms with E-state index in [0.717, 1.165) is 22.9 Å². The minimum atomic E-state index is -2.00. The molecular formula is C30H33ClFN5O9. The molecule has 2 aromatic carbocycles. The topological polar surface area (TPSA) is 189 Å². The molecule has 0 aliphatic carbocycles. The first-order chi connectivity index (χ1) is 21.7. The molecule has 0 aliphatic rings. The standard InChI is InChI=1S/C30H33ClFN5O9/c1-16(2)26(34-30(44)45-4)29(43)46-15-37-24(12-23(35-37)17(3)38)27(40)36(14-25(39)28(41)42)33-13-18-5-7-19(8-6-18)21-11-20(31)9-10-22(21)32/h5-12,16,25-26,33,39H,13-15H2,1-4H3,(H,34,44)(H,41,42). The van der Waals surface area contributed by atoms with Gasteiger partial charge in [0.25, 0.3) is 5.91 Å². The number of aliphatic hydroxyl groups is 1. The van der Waals surface area contributed by atoms with Gasteiger partial charge in [-0.05, 0) is 35.2 Å². The van der Waals surface area contributed by atoms with E-state index in [4.69, 9.17) is 16.3 Å². The Morgan fingerprint density at radius 3 is 2.35 bits per heavy atom. The summed E-state index contributed by atoms with van der Waals surface area (Å²) in [5.41, 5.74) is 3.74. The van der Waals surface area contributed by atoms with E-state index in [1.807, 2.05) is 0 Å². The molecule has 246 valence electrons. The molecule has 3 rings (SSSR count). The lowest BCUT2D eigenvalue weighted by molar-refractivity contribution is -0.151. The molecule has 4 N–H and O–H groups in total. The first-order valence-corrected chi connectivity index (χ1v) is 14.2. The van der Waals surface area contributed by atoms with Crippen molar-refractivity contribution in [2.45, 2.75) is 46.2 Å². The second-order valence-electron chi connectivity index (χ2n) is 10.3. The number of Topliss-reactive ketones (excluding diaryl/α,β-unsaturated/α-hetero) is 1. The zero-order valence-electron chi connectivity index (χ0n) is 25.3. The van der Waals surface area contributed by atoms with E-state index in [0.29, 0.717) is 16.1 Å². The lowest BCUT2D eigenvalue weighted by atomic mass is 10.0. The van der Waals surface area contributed by atoms with Crippen molar-refractivity contribution in [2.75, 3.05) is 13.7 Å². The smallest absolute Gasteiger partial charge is 0.407 e. The van der Waals surface area contributed by atoms with Crippen LogP contribution in [0.3, 0.4) is 0 Å². The quantitative estimate of drug-likeness (QED) is 0.113. The molecule has 0 fully saturated rings. The molecule has 3 aromatic rings. The summed E-state index contributed by atoms with van der Waals surface area (Å²) in [4.78, 5) is 61.7. The highest BCUT2D eigenvalue weighted by Gasteiger charge is 2.29. The first-order valence-electron chi connectivity index (χ1n) is 13.8. The SMILES string of the molecule is COC(=O)NC(C(=O)OCn1nc(C(C)=O)cc1C(=O)N(CC(O)C(=O)O)NCc1ccc(-c2cc(Cl)ccc2F)cc1)C(C)C. The number of esters is 1. The lowest BCUT2D eigenvalue weighted by Crippen LogP contribution is -2.49. The Bertz CT molecular complexity index is 1600. The highest BCUT2D eigenvalue weighted by molar-refractivity contribution is 6.30. The number of ether oxygens (including phenoxy) is 2. The zero-order chi connectivity index (χ0) is 34.1. The number of aromatic nitrogens is 2. The number of nitrogens with zero attached hydrogens (tertiary/aromatic N) is 3. The molecule has 0 radical (unpaired) electrons. The summed E-state index contributed by atoms with van der Waals surface area (Å²) in [5.74, 6) is -4.79. The van der Waals surface area contributed by atoms with Crippen molar-refractivity contribution < 1.29 is 48.0 Å². The van der Waals surface area contributed by atoms with E-state index in [-0.39, 0.29) is 23.5 Å². The summed E-state index contributed by atoms with van der Waals surface area (Å²) in [5, 5.41) is 26.9. The van der Waals surface area contributed by atoms with Gasteiger partial charge in [-0.3, -0.25) is 14.6 Å². The van der Waals surface area contributed by atoms with Gasteiger partial charge in [0.05, 0.1) is 13.7 Å². The molecule has 0 saturated carbocycles. The van der Waals surface area contributed by atoms with Crippen molar-refractivity contribution in [3.63, 3.8) is 0 Å². The predicted molar refractivity (Wildman–Crippen MR) is 161 cm³/mol. The number of nitrogens with one attached hydrogen (secondary N) is 2. The molecule has 2 atom stereocenters. The second kappa shape index (κ2) is 15.9. The van der Waals surface area contributed by atoms with Crippen LogP contribution in [0.25, 0.3) is 11.1 Å². The minimum Gasteiger partial charge on any atom is -0.479 e. The van der Waals surface area contributed by atoms with Crippen molar-refractivity contribution in [1.82, 2.24) is 25.5 Å². The molecule has 2 unspecified atom stereocenters. The van der Waals surface area contributed by atoms with Gasteiger partial charge in [-0.25, -0.2) is 28.9 Å². The number of carboxylic acid groups (broad SMARTS) is 1. The lowest BCUT2D eigenvalue weighted by Gasteiger charge is -2.25. The van der Waals surface area contributed by atoms with E-state index >= 15 is 0 Å². The van der Waals surface area contributed by atoms with Crippen molar-refractivity contribution in [3.05, 3.63) is 76.3 Å². The van der Waals surface area contributed by atoms with Crippen molar-refractivity contribution in [1.29, 1.82) is 0 Å². The van der Waals surface area contributed by atoms with Crippen molar-refractivity contribution in [2.24, 2.45) is 5.92 Å². The van der Waals surface area contributed by atoms with Crippen LogP contribution < -0.4 is 10.7 Å². The summed E-state index contributed by atoms with van der Waals surface area (Å²) in [6, 6.07) is 10.7. The highest BCUT2D eigenvalue weighted by Crippen LogP contribution is 2.26. The summed E-state index contributed by atoms with van der Waals surface area (Å²) < 4.78 is 25.0. The van der Waals surface area contributed by atoms with E-state index in [1.54, 1.807) is 38.1 Å². The second-order valence-corrected chi connectivity index (χ2v) is 10.8. The molecule has 16 heteroatoms. The third-order valence-electron chi connectivity index (χ3n) is 6.62. The number of benzene rings is 2. The normalized spacial score (nSPS) is 12.3. The first kappa shape index (κ1) is 35.6. The van der Waals surface area contributed by atoms with Crippen LogP contribution in [-0.2, 0) is 32.3 Å². The van der Waals surface area contributed by atoms with Crippen molar-refractivity contribution >= 4 is 41.3 Å². The molecule has 46 heavy (non-hydrogen) atoms. The Hall–Kier alpha value is -4.86. The molecule has 1 heterocycles. The third-order valence-corrected chi connectivity index (χ3v) is 6.86. The number of aliphatic carboxylic acids is 1. The molecule has 0 saturated heterocycles. The average molecular weight is 662 g/mol. The van der Waals surface area contributed by atoms with Crippen LogP contribution in [0.2, 0.25) is 5.02 Å². The summed E-state index contributed by atoms with van der Waals surface area (Å²) in [7, 11) is 1.13. The molecule has 0 spiro atoms. The third kappa shape index (κ3) is 9.32. The molecule has 1 aromatic heterocycles. The van der Waals surface area contributed by atoms with Crippen LogP contribution in [0.1, 0.15) is 47.3 Å². The summed E-state index contributed by atoms with van der Waals surface area (Å²) >= 11 is 6.00. The molecule has 0 bridgehead atoms. The van der Waals surface area contributed by atoms with Gasteiger partial charge in [0.2, 0.25) is 0 Å². The van der Waals surface area contributed by atoms with Gasteiger partial charge >= 0.3 is 18.0 Å². The van der Waals surface area contributed by atoms with Gasteiger partial charge in [-0.2, -0.15) is 5.10 Å². The van der Waals surface area contributed by atoms with Crippen LogP contribution in [0.15, 0.2) is 48.5 Å². The monoisotopic (exact) mass is 661 g/mol. The molecular weight excluding hydrogens is 629 g/mol. The van der Waals surface area contributed by atoms with Crippen LogP contribution in [-0.4, -0.2) is 80.5 Å². The number of carbonyl (C=O) groups is 5. The average Bonchev–Trinajstić information content (AvgIpc) is 3.46. The number of hydrazine groups is 1. The van der Waals surface area contributed by atoms with Crippen molar-refractivity contribution in [3.8, 4) is 11.1 Å². The summed E-state index contributed by atoms with van der Waals surface area (Å²) in [6.07, 6.45) is -2.86. The number of rotatable bonds is 14. The Morgan fingerprint density at radius 1 is 1.09 bits per heavy atom. The Kier molecular flexibility index (Phi) is 12.3. The number of aliphatic hydroxyl groups excluding tert-OH is 1. The van der Waals surface area contributed by atoms with Gasteiger partial charge < -0.3 is 25.0 Å². The van der Waals surface area contributed by atoms with Crippen LogP contribution >= 0.6 is 11.6 Å². The number of hydrogen-bond acceptors (Lipinski definition) is 10. The number of alkyl carbamates (subject to hydrolysis) is 1. The maximum absolute atomic E-state index is 14.3. The van der Waals surface area contributed by atoms with Crippen LogP contribution in [0.5, 0.6) is 0 Å². The number of hydrogen-bond donors (Lipinski definition) is 4. The zero-order valence-corrected chi connectivity index (χ0v) is 26.1. The number of methoxy groups -OCH3 is 1.